The van der Waals surface area contributed by atoms with Crippen molar-refractivity contribution >= 4 is 11.9 Å². The van der Waals surface area contributed by atoms with Crippen LogP contribution >= 0.6 is 0 Å². The third-order valence-electron chi connectivity index (χ3n) is 3.51. The van der Waals surface area contributed by atoms with Gasteiger partial charge >= 0.3 is 0 Å². The molecule has 0 radical (unpaired) electrons. The molecule has 0 atom stereocenters. The van der Waals surface area contributed by atoms with Crippen molar-refractivity contribution in [2.45, 2.75) is 33.2 Å². The van der Waals surface area contributed by atoms with Gasteiger partial charge in [-0.15, -0.1) is 0 Å². The average Bonchev–Trinajstić information content (AvgIpc) is 2.61. The van der Waals surface area contributed by atoms with Gasteiger partial charge in [-0.2, -0.15) is 0 Å². The molecule has 0 saturated heterocycles. The average molecular weight is 330 g/mol. The second-order valence-electron chi connectivity index (χ2n) is 5.54. The number of amides is 1. The number of aromatic nitrogens is 2. The highest BCUT2D eigenvalue weighted by atomic mass is 19.1. The highest BCUT2D eigenvalue weighted by Crippen LogP contribution is 2.09. The maximum Gasteiger partial charge on any atom is 0.272 e. The Balaban J connectivity index is 2.04. The molecule has 0 fully saturated rings. The molecule has 1 aromatic heterocycles. The molecule has 1 aromatic carbocycles. The van der Waals surface area contributed by atoms with Gasteiger partial charge in [0, 0.05) is 25.8 Å². The van der Waals surface area contributed by atoms with Crippen LogP contribution in [0.25, 0.3) is 0 Å². The fourth-order valence-electron chi connectivity index (χ4n) is 2.36. The van der Waals surface area contributed by atoms with Crippen LogP contribution in [0.1, 0.15) is 42.7 Å². The summed E-state index contributed by atoms with van der Waals surface area (Å²) < 4.78 is 12.9. The molecule has 128 valence electrons. The highest BCUT2D eigenvalue weighted by molar-refractivity contribution is 5.92. The van der Waals surface area contributed by atoms with Gasteiger partial charge in [-0.25, -0.2) is 14.4 Å². The summed E-state index contributed by atoms with van der Waals surface area (Å²) in [7, 11) is 0. The Hall–Kier alpha value is -2.50. The standard InChI is InChI=1S/C18H23FN4O/c1-3-11-23(12-4-2)17(24)16-9-10-20-18(22-16)21-13-14-5-7-15(19)8-6-14/h5-10H,3-4,11-13H2,1-2H3,(H,20,21,22). The topological polar surface area (TPSA) is 58.1 Å². The molecule has 0 aliphatic rings. The first-order chi connectivity index (χ1) is 11.6. The van der Waals surface area contributed by atoms with Crippen LogP contribution in [0, 0.1) is 5.82 Å². The van der Waals surface area contributed by atoms with Gasteiger partial charge in [0.25, 0.3) is 5.91 Å². The molecule has 5 nitrogen and oxygen atoms in total. The zero-order valence-corrected chi connectivity index (χ0v) is 14.1. The van der Waals surface area contributed by atoms with Gasteiger partial charge in [0.05, 0.1) is 0 Å². The number of nitrogens with zero attached hydrogens (tertiary/aromatic N) is 3. The van der Waals surface area contributed by atoms with E-state index in [1.807, 2.05) is 18.7 Å². The molecule has 6 heteroatoms. The molecule has 0 aliphatic heterocycles. The number of anilines is 1. The summed E-state index contributed by atoms with van der Waals surface area (Å²) >= 11 is 0. The fraction of sp³-hybridized carbons (Fsp3) is 0.389. The number of hydrogen-bond donors (Lipinski definition) is 1. The Kier molecular flexibility index (Phi) is 6.66. The molecule has 24 heavy (non-hydrogen) atoms. The van der Waals surface area contributed by atoms with E-state index in [1.165, 1.54) is 12.1 Å². The van der Waals surface area contributed by atoms with Crippen LogP contribution in [-0.2, 0) is 6.54 Å². The van der Waals surface area contributed by atoms with E-state index in [1.54, 1.807) is 24.4 Å². The quantitative estimate of drug-likeness (QED) is 0.805. The smallest absolute Gasteiger partial charge is 0.272 e. The van der Waals surface area contributed by atoms with Crippen molar-refractivity contribution in [2.75, 3.05) is 18.4 Å². The first kappa shape index (κ1) is 17.8. The summed E-state index contributed by atoms with van der Waals surface area (Å²) in [4.78, 5) is 22.8. The number of hydrogen-bond acceptors (Lipinski definition) is 4. The molecule has 2 aromatic rings. The SMILES string of the molecule is CCCN(CCC)C(=O)c1ccnc(NCc2ccc(F)cc2)n1. The van der Waals surface area contributed by atoms with Crippen molar-refractivity contribution in [3.05, 3.63) is 53.6 Å². The summed E-state index contributed by atoms with van der Waals surface area (Å²) in [5.74, 6) is 0.0404. The summed E-state index contributed by atoms with van der Waals surface area (Å²) in [5.41, 5.74) is 1.30. The van der Waals surface area contributed by atoms with E-state index in [4.69, 9.17) is 0 Å². The monoisotopic (exact) mass is 330 g/mol. The molecule has 0 unspecified atom stereocenters. The maximum absolute atomic E-state index is 12.9. The van der Waals surface area contributed by atoms with E-state index in [9.17, 15) is 9.18 Å². The van der Waals surface area contributed by atoms with Crippen LogP contribution in [0.3, 0.4) is 0 Å². The molecule has 0 saturated carbocycles. The lowest BCUT2D eigenvalue weighted by Crippen LogP contribution is -2.33. The predicted molar refractivity (Wildman–Crippen MR) is 92.2 cm³/mol. The van der Waals surface area contributed by atoms with Gasteiger partial charge in [0.15, 0.2) is 0 Å². The van der Waals surface area contributed by atoms with Crippen LogP contribution in [-0.4, -0.2) is 33.9 Å². The molecular weight excluding hydrogens is 307 g/mol. The van der Waals surface area contributed by atoms with E-state index in [0.29, 0.717) is 18.2 Å². The maximum atomic E-state index is 12.9. The molecule has 1 amide bonds. The zero-order valence-electron chi connectivity index (χ0n) is 14.1. The highest BCUT2D eigenvalue weighted by Gasteiger charge is 2.16. The van der Waals surface area contributed by atoms with Gasteiger partial charge in [0.2, 0.25) is 5.95 Å². The molecular formula is C18H23FN4O. The zero-order chi connectivity index (χ0) is 17.4. The summed E-state index contributed by atoms with van der Waals surface area (Å²) in [5, 5.41) is 3.06. The largest absolute Gasteiger partial charge is 0.350 e. The molecule has 0 aliphatic carbocycles. The van der Waals surface area contributed by atoms with Crippen molar-refractivity contribution < 1.29 is 9.18 Å². The van der Waals surface area contributed by atoms with Crippen LogP contribution < -0.4 is 5.32 Å². The fourth-order valence-corrected chi connectivity index (χ4v) is 2.36. The second-order valence-corrected chi connectivity index (χ2v) is 5.54. The Morgan fingerprint density at radius 1 is 1.12 bits per heavy atom. The lowest BCUT2D eigenvalue weighted by atomic mass is 10.2. The minimum Gasteiger partial charge on any atom is -0.350 e. The third-order valence-corrected chi connectivity index (χ3v) is 3.51. The Morgan fingerprint density at radius 3 is 2.42 bits per heavy atom. The van der Waals surface area contributed by atoms with Crippen molar-refractivity contribution in [3.8, 4) is 0 Å². The van der Waals surface area contributed by atoms with Crippen LogP contribution in [0.15, 0.2) is 36.5 Å². The van der Waals surface area contributed by atoms with Crippen molar-refractivity contribution in [1.82, 2.24) is 14.9 Å². The molecule has 0 bridgehead atoms. The van der Waals surface area contributed by atoms with Crippen molar-refractivity contribution in [3.63, 3.8) is 0 Å². The lowest BCUT2D eigenvalue weighted by Gasteiger charge is -2.21. The molecule has 1 heterocycles. The van der Waals surface area contributed by atoms with E-state index >= 15 is 0 Å². The van der Waals surface area contributed by atoms with Gasteiger partial charge in [0.1, 0.15) is 11.5 Å². The molecule has 2 rings (SSSR count). The van der Waals surface area contributed by atoms with E-state index < -0.39 is 0 Å². The van der Waals surface area contributed by atoms with Crippen molar-refractivity contribution in [1.29, 1.82) is 0 Å². The summed E-state index contributed by atoms with van der Waals surface area (Å²) in [6.45, 7) is 5.99. The predicted octanol–water partition coefficient (Wildman–Crippen LogP) is 3.49. The number of halogens is 1. The minimum atomic E-state index is -0.269. The van der Waals surface area contributed by atoms with Crippen molar-refractivity contribution in [2.24, 2.45) is 0 Å². The second kappa shape index (κ2) is 8.96. The Morgan fingerprint density at radius 2 is 1.79 bits per heavy atom. The van der Waals surface area contributed by atoms with Crippen LogP contribution in [0.5, 0.6) is 0 Å². The van der Waals surface area contributed by atoms with E-state index in [2.05, 4.69) is 15.3 Å². The third kappa shape index (κ3) is 5.01. The van der Waals surface area contributed by atoms with Gasteiger partial charge in [-0.3, -0.25) is 4.79 Å². The lowest BCUT2D eigenvalue weighted by molar-refractivity contribution is 0.0749. The van der Waals surface area contributed by atoms with Crippen LogP contribution in [0.2, 0.25) is 0 Å². The van der Waals surface area contributed by atoms with Gasteiger partial charge in [-0.1, -0.05) is 26.0 Å². The number of rotatable bonds is 8. The minimum absolute atomic E-state index is 0.0778. The van der Waals surface area contributed by atoms with Gasteiger partial charge < -0.3 is 10.2 Å². The Labute approximate surface area is 141 Å². The number of carbonyl (C=O) groups excluding carboxylic acids is 1. The molecule has 0 spiro atoms. The van der Waals surface area contributed by atoms with E-state index in [0.717, 1.165) is 31.5 Å². The normalized spacial score (nSPS) is 10.5. The molecule has 1 N–H and O–H groups in total. The number of benzene rings is 1. The summed E-state index contributed by atoms with van der Waals surface area (Å²) in [6.07, 6.45) is 3.39. The van der Waals surface area contributed by atoms with E-state index in [-0.39, 0.29) is 11.7 Å². The Bertz CT molecular complexity index is 654. The number of nitrogens with one attached hydrogen (secondary N) is 1. The van der Waals surface area contributed by atoms with Gasteiger partial charge in [-0.05, 0) is 36.6 Å². The first-order valence-electron chi connectivity index (χ1n) is 8.24. The summed E-state index contributed by atoms with van der Waals surface area (Å²) in [6, 6.07) is 7.84. The number of carbonyl (C=O) groups is 1. The first-order valence-corrected chi connectivity index (χ1v) is 8.24. The van der Waals surface area contributed by atoms with Crippen LogP contribution in [0.4, 0.5) is 10.3 Å².